The van der Waals surface area contributed by atoms with Crippen LogP contribution in [0.1, 0.15) is 17.2 Å². The molecule has 112 valence electrons. The standard InChI is InChI=1S/C15H13BrCl3NO/c1-20-15(9-5-8(17)3-4-11(9)16)10-6-13(19)14(21-2)7-12(10)18/h3-7,15,20H,1-2H3. The average Bonchev–Trinajstić information content (AvgIpc) is 2.46. The lowest BCUT2D eigenvalue weighted by molar-refractivity contribution is 0.415. The second kappa shape index (κ2) is 7.21. The third-order valence-corrected chi connectivity index (χ3v) is 4.72. The van der Waals surface area contributed by atoms with Crippen LogP contribution in [0.5, 0.6) is 5.75 Å². The molecule has 2 aromatic carbocycles. The van der Waals surface area contributed by atoms with E-state index >= 15 is 0 Å². The SMILES string of the molecule is CNC(c1cc(Cl)c(OC)cc1Cl)c1cc(Cl)ccc1Br. The van der Waals surface area contributed by atoms with Gasteiger partial charge in [-0.25, -0.2) is 0 Å². The van der Waals surface area contributed by atoms with Gasteiger partial charge < -0.3 is 10.1 Å². The van der Waals surface area contributed by atoms with Crippen molar-refractivity contribution in [3.05, 3.63) is 61.0 Å². The van der Waals surface area contributed by atoms with Crippen LogP contribution >= 0.6 is 50.7 Å². The van der Waals surface area contributed by atoms with Crippen LogP contribution in [-0.2, 0) is 0 Å². The number of nitrogens with one attached hydrogen (secondary N) is 1. The van der Waals surface area contributed by atoms with Gasteiger partial charge in [0.05, 0.1) is 18.2 Å². The molecule has 0 aliphatic carbocycles. The van der Waals surface area contributed by atoms with E-state index in [-0.39, 0.29) is 6.04 Å². The van der Waals surface area contributed by atoms with E-state index in [0.717, 1.165) is 15.6 Å². The van der Waals surface area contributed by atoms with E-state index in [1.54, 1.807) is 19.2 Å². The van der Waals surface area contributed by atoms with Gasteiger partial charge in [0.15, 0.2) is 0 Å². The fourth-order valence-corrected chi connectivity index (χ4v) is 3.30. The summed E-state index contributed by atoms with van der Waals surface area (Å²) in [5, 5.41) is 4.97. The Kier molecular flexibility index (Phi) is 5.81. The molecule has 0 aliphatic heterocycles. The van der Waals surface area contributed by atoms with Crippen molar-refractivity contribution in [2.24, 2.45) is 0 Å². The van der Waals surface area contributed by atoms with Crippen LogP contribution in [0.25, 0.3) is 0 Å². The largest absolute Gasteiger partial charge is 0.495 e. The van der Waals surface area contributed by atoms with Crippen LogP contribution in [0.2, 0.25) is 15.1 Å². The molecular formula is C15H13BrCl3NO. The fourth-order valence-electron chi connectivity index (χ4n) is 2.14. The molecule has 0 bridgehead atoms. The van der Waals surface area contributed by atoms with Gasteiger partial charge in [-0.1, -0.05) is 50.7 Å². The Labute approximate surface area is 147 Å². The molecule has 1 atom stereocenters. The number of rotatable bonds is 4. The maximum atomic E-state index is 6.37. The van der Waals surface area contributed by atoms with Crippen molar-refractivity contribution < 1.29 is 4.74 Å². The zero-order valence-electron chi connectivity index (χ0n) is 11.4. The molecule has 2 aromatic rings. The average molecular weight is 410 g/mol. The van der Waals surface area contributed by atoms with Gasteiger partial charge in [-0.2, -0.15) is 0 Å². The lowest BCUT2D eigenvalue weighted by atomic mass is 9.98. The maximum Gasteiger partial charge on any atom is 0.138 e. The van der Waals surface area contributed by atoms with Crippen LogP contribution in [0, 0.1) is 0 Å². The lowest BCUT2D eigenvalue weighted by Gasteiger charge is -2.21. The summed E-state index contributed by atoms with van der Waals surface area (Å²) in [5.41, 5.74) is 1.83. The van der Waals surface area contributed by atoms with Crippen molar-refractivity contribution in [3.63, 3.8) is 0 Å². The quantitative estimate of drug-likeness (QED) is 0.697. The van der Waals surface area contributed by atoms with Crippen LogP contribution in [0.4, 0.5) is 0 Å². The molecule has 0 saturated carbocycles. The smallest absolute Gasteiger partial charge is 0.138 e. The van der Waals surface area contributed by atoms with Crippen LogP contribution in [0.15, 0.2) is 34.8 Å². The molecule has 2 nitrogen and oxygen atoms in total. The van der Waals surface area contributed by atoms with Crippen molar-refractivity contribution in [1.82, 2.24) is 5.32 Å². The molecule has 0 saturated heterocycles. The number of ether oxygens (including phenoxy) is 1. The monoisotopic (exact) mass is 407 g/mol. The topological polar surface area (TPSA) is 21.3 Å². The molecule has 0 spiro atoms. The van der Waals surface area contributed by atoms with Crippen LogP contribution in [-0.4, -0.2) is 14.2 Å². The molecule has 0 radical (unpaired) electrons. The summed E-state index contributed by atoms with van der Waals surface area (Å²) in [6.45, 7) is 0. The van der Waals surface area contributed by atoms with Crippen molar-refractivity contribution in [1.29, 1.82) is 0 Å². The second-order valence-corrected chi connectivity index (χ2v) is 6.50. The maximum absolute atomic E-state index is 6.37. The van der Waals surface area contributed by atoms with Crippen molar-refractivity contribution in [2.45, 2.75) is 6.04 Å². The van der Waals surface area contributed by atoms with E-state index in [4.69, 9.17) is 39.5 Å². The molecule has 1 unspecified atom stereocenters. The molecule has 1 N–H and O–H groups in total. The zero-order chi connectivity index (χ0) is 15.6. The van der Waals surface area contributed by atoms with E-state index in [1.807, 2.05) is 25.2 Å². The van der Waals surface area contributed by atoms with Gasteiger partial charge in [0.1, 0.15) is 5.75 Å². The Bertz CT molecular complexity index is 664. The van der Waals surface area contributed by atoms with Gasteiger partial charge in [-0.3, -0.25) is 0 Å². The molecule has 21 heavy (non-hydrogen) atoms. The van der Waals surface area contributed by atoms with E-state index in [1.165, 1.54) is 0 Å². The van der Waals surface area contributed by atoms with E-state index < -0.39 is 0 Å². The Balaban J connectivity index is 2.56. The normalized spacial score (nSPS) is 12.3. The number of halogens is 4. The highest BCUT2D eigenvalue weighted by atomic mass is 79.9. The molecule has 0 fully saturated rings. The summed E-state index contributed by atoms with van der Waals surface area (Å²) >= 11 is 22.2. The number of methoxy groups -OCH3 is 1. The third-order valence-electron chi connectivity index (χ3n) is 3.14. The zero-order valence-corrected chi connectivity index (χ0v) is 15.2. The summed E-state index contributed by atoms with van der Waals surface area (Å²) in [4.78, 5) is 0. The number of benzene rings is 2. The third kappa shape index (κ3) is 3.66. The predicted molar refractivity (Wildman–Crippen MR) is 93.1 cm³/mol. The first-order valence-electron chi connectivity index (χ1n) is 6.13. The molecule has 0 amide bonds. The molecule has 2 rings (SSSR count). The van der Waals surface area contributed by atoms with Gasteiger partial charge in [-0.15, -0.1) is 0 Å². The van der Waals surface area contributed by atoms with E-state index in [2.05, 4.69) is 21.2 Å². The minimum atomic E-state index is -0.144. The molecule has 0 aliphatic rings. The highest BCUT2D eigenvalue weighted by Gasteiger charge is 2.20. The number of hydrogen-bond donors (Lipinski definition) is 1. The first-order chi connectivity index (χ1) is 9.97. The number of hydrogen-bond acceptors (Lipinski definition) is 2. The van der Waals surface area contributed by atoms with E-state index in [9.17, 15) is 0 Å². The van der Waals surface area contributed by atoms with Crippen LogP contribution < -0.4 is 10.1 Å². The Morgan fingerprint density at radius 3 is 2.38 bits per heavy atom. The highest BCUT2D eigenvalue weighted by molar-refractivity contribution is 9.10. The van der Waals surface area contributed by atoms with Crippen molar-refractivity contribution in [3.8, 4) is 5.75 Å². The Morgan fingerprint density at radius 1 is 1.05 bits per heavy atom. The van der Waals surface area contributed by atoms with E-state index in [0.29, 0.717) is 20.8 Å². The minimum Gasteiger partial charge on any atom is -0.495 e. The van der Waals surface area contributed by atoms with Crippen LogP contribution in [0.3, 0.4) is 0 Å². The van der Waals surface area contributed by atoms with Crippen molar-refractivity contribution >= 4 is 50.7 Å². The fraction of sp³-hybridized carbons (Fsp3) is 0.200. The summed E-state index contributed by atoms with van der Waals surface area (Å²) in [5.74, 6) is 0.547. The first kappa shape index (κ1) is 16.9. The summed E-state index contributed by atoms with van der Waals surface area (Å²) in [7, 11) is 3.41. The summed E-state index contributed by atoms with van der Waals surface area (Å²) < 4.78 is 6.11. The Morgan fingerprint density at radius 2 is 1.76 bits per heavy atom. The molecule has 0 heterocycles. The molecule has 6 heteroatoms. The van der Waals surface area contributed by atoms with Gasteiger partial charge in [-0.05, 0) is 42.4 Å². The summed E-state index contributed by atoms with van der Waals surface area (Å²) in [6.07, 6.45) is 0. The minimum absolute atomic E-state index is 0.144. The van der Waals surface area contributed by atoms with Crippen molar-refractivity contribution in [2.75, 3.05) is 14.2 Å². The first-order valence-corrected chi connectivity index (χ1v) is 8.05. The Hall–Kier alpha value is -0.450. The van der Waals surface area contributed by atoms with Gasteiger partial charge in [0.2, 0.25) is 0 Å². The van der Waals surface area contributed by atoms with Gasteiger partial charge >= 0.3 is 0 Å². The molecular weight excluding hydrogens is 396 g/mol. The predicted octanol–water partition coefficient (Wildman–Crippen LogP) is 5.73. The highest BCUT2D eigenvalue weighted by Crippen LogP contribution is 2.38. The lowest BCUT2D eigenvalue weighted by Crippen LogP contribution is -2.18. The van der Waals surface area contributed by atoms with Gasteiger partial charge in [0.25, 0.3) is 0 Å². The second-order valence-electron chi connectivity index (χ2n) is 4.40. The summed E-state index contributed by atoms with van der Waals surface area (Å²) in [6, 6.07) is 8.99. The molecule has 0 aromatic heterocycles. The van der Waals surface area contributed by atoms with Gasteiger partial charge in [0, 0.05) is 20.6 Å².